The van der Waals surface area contributed by atoms with E-state index in [4.69, 9.17) is 16.3 Å². The van der Waals surface area contributed by atoms with Crippen LogP contribution in [0.1, 0.15) is 18.6 Å². The predicted molar refractivity (Wildman–Crippen MR) is 95.5 cm³/mol. The van der Waals surface area contributed by atoms with Crippen LogP contribution in [-0.4, -0.2) is 40.4 Å². The smallest absolute Gasteiger partial charge is 0.191 e. The molecular weight excluding hydrogens is 328 g/mol. The molecule has 0 fully saturated rings. The molecule has 24 heavy (non-hydrogen) atoms. The summed E-state index contributed by atoms with van der Waals surface area (Å²) in [7, 11) is 1.93. The zero-order valence-corrected chi connectivity index (χ0v) is 15.0. The number of benzene rings is 1. The van der Waals surface area contributed by atoms with Gasteiger partial charge in [-0.2, -0.15) is 0 Å². The first-order valence-electron chi connectivity index (χ1n) is 7.86. The molecule has 130 valence electrons. The lowest BCUT2D eigenvalue weighted by molar-refractivity contribution is 0.322. The summed E-state index contributed by atoms with van der Waals surface area (Å²) in [5.41, 5.74) is 0. The minimum absolute atomic E-state index is 0.456. The van der Waals surface area contributed by atoms with Gasteiger partial charge < -0.3 is 19.9 Å². The normalized spacial score (nSPS) is 11.4. The molecule has 0 saturated heterocycles. The minimum Gasteiger partial charge on any atom is -0.490 e. The van der Waals surface area contributed by atoms with E-state index in [-0.39, 0.29) is 0 Å². The molecule has 2 rings (SSSR count). The zero-order chi connectivity index (χ0) is 17.4. The van der Waals surface area contributed by atoms with Crippen LogP contribution in [0.15, 0.2) is 29.3 Å². The van der Waals surface area contributed by atoms with E-state index in [2.05, 4.69) is 25.8 Å². The lowest BCUT2D eigenvalue weighted by atomic mass is 10.3. The Bertz CT molecular complexity index is 685. The van der Waals surface area contributed by atoms with Gasteiger partial charge in [0.2, 0.25) is 0 Å². The number of rotatable bonds is 7. The van der Waals surface area contributed by atoms with Crippen molar-refractivity contribution in [3.05, 3.63) is 40.9 Å². The standard InChI is InChI=1S/C16H23ClN6O/c1-4-18-16(20-11-15-22-21-12(2)23(15)3)19-9-10-24-14-8-6-5-7-13(14)17/h5-8H,4,9-11H2,1-3H3,(H2,18,19,20). The second kappa shape index (κ2) is 9.12. The summed E-state index contributed by atoms with van der Waals surface area (Å²) in [6, 6.07) is 7.41. The van der Waals surface area contributed by atoms with Gasteiger partial charge in [0.05, 0.1) is 11.6 Å². The molecule has 2 N–H and O–H groups in total. The summed E-state index contributed by atoms with van der Waals surface area (Å²) in [5.74, 6) is 3.07. The van der Waals surface area contributed by atoms with Crippen LogP contribution in [0.2, 0.25) is 5.02 Å². The van der Waals surface area contributed by atoms with Gasteiger partial charge in [0.1, 0.15) is 24.7 Å². The van der Waals surface area contributed by atoms with Gasteiger partial charge in [-0.15, -0.1) is 10.2 Å². The number of ether oxygens (including phenoxy) is 1. The largest absolute Gasteiger partial charge is 0.490 e. The Morgan fingerprint density at radius 1 is 1.29 bits per heavy atom. The number of para-hydroxylation sites is 1. The molecule has 1 heterocycles. The highest BCUT2D eigenvalue weighted by molar-refractivity contribution is 6.32. The van der Waals surface area contributed by atoms with Crippen molar-refractivity contribution in [2.45, 2.75) is 20.4 Å². The summed E-state index contributed by atoms with van der Waals surface area (Å²) in [4.78, 5) is 4.51. The van der Waals surface area contributed by atoms with Gasteiger partial charge in [-0.1, -0.05) is 23.7 Å². The van der Waals surface area contributed by atoms with Gasteiger partial charge in [0, 0.05) is 13.6 Å². The molecule has 0 amide bonds. The monoisotopic (exact) mass is 350 g/mol. The molecule has 0 aliphatic carbocycles. The molecule has 0 saturated carbocycles. The Kier molecular flexibility index (Phi) is 6.87. The molecule has 0 radical (unpaired) electrons. The Hall–Kier alpha value is -2.28. The molecule has 1 aromatic heterocycles. The third-order valence-electron chi connectivity index (χ3n) is 3.39. The van der Waals surface area contributed by atoms with Crippen molar-refractivity contribution in [3.8, 4) is 5.75 Å². The summed E-state index contributed by atoms with van der Waals surface area (Å²) < 4.78 is 7.57. The molecule has 0 atom stereocenters. The molecule has 7 nitrogen and oxygen atoms in total. The Balaban J connectivity index is 1.83. The highest BCUT2D eigenvalue weighted by Crippen LogP contribution is 2.22. The van der Waals surface area contributed by atoms with E-state index in [0.717, 1.165) is 18.2 Å². The zero-order valence-electron chi connectivity index (χ0n) is 14.2. The molecule has 1 aromatic carbocycles. The van der Waals surface area contributed by atoms with Gasteiger partial charge in [-0.05, 0) is 26.0 Å². The second-order valence-corrected chi connectivity index (χ2v) is 5.53. The number of nitrogens with one attached hydrogen (secondary N) is 2. The molecule has 0 unspecified atom stereocenters. The van der Waals surface area contributed by atoms with E-state index >= 15 is 0 Å². The number of halogens is 1. The maximum atomic E-state index is 6.05. The van der Waals surface area contributed by atoms with Crippen molar-refractivity contribution in [2.75, 3.05) is 19.7 Å². The predicted octanol–water partition coefficient (Wildman–Crippen LogP) is 1.91. The lowest BCUT2D eigenvalue weighted by Crippen LogP contribution is -2.39. The first kappa shape index (κ1) is 18.1. The van der Waals surface area contributed by atoms with E-state index in [0.29, 0.717) is 36.4 Å². The highest BCUT2D eigenvalue weighted by atomic mass is 35.5. The van der Waals surface area contributed by atoms with Crippen molar-refractivity contribution in [1.82, 2.24) is 25.4 Å². The molecular formula is C16H23ClN6O. The summed E-state index contributed by atoms with van der Waals surface area (Å²) in [5, 5.41) is 15.1. The number of aliphatic imine (C=N–C) groups is 1. The van der Waals surface area contributed by atoms with Crippen LogP contribution in [0, 0.1) is 6.92 Å². The van der Waals surface area contributed by atoms with Crippen LogP contribution >= 0.6 is 11.6 Å². The SMILES string of the molecule is CCNC(=NCc1nnc(C)n1C)NCCOc1ccccc1Cl. The summed E-state index contributed by atoms with van der Waals surface area (Å²) >= 11 is 6.05. The van der Waals surface area contributed by atoms with Gasteiger partial charge in [-0.25, -0.2) is 4.99 Å². The average Bonchev–Trinajstić information content (AvgIpc) is 2.89. The first-order valence-corrected chi connectivity index (χ1v) is 8.24. The van der Waals surface area contributed by atoms with Crippen molar-refractivity contribution in [1.29, 1.82) is 0 Å². The Morgan fingerprint density at radius 2 is 2.08 bits per heavy atom. The number of nitrogens with zero attached hydrogens (tertiary/aromatic N) is 4. The molecule has 2 aromatic rings. The van der Waals surface area contributed by atoms with Gasteiger partial charge >= 0.3 is 0 Å². The fourth-order valence-corrected chi connectivity index (χ4v) is 2.16. The third-order valence-corrected chi connectivity index (χ3v) is 3.71. The molecule has 0 spiro atoms. The van der Waals surface area contributed by atoms with Crippen LogP contribution in [0.4, 0.5) is 0 Å². The van der Waals surface area contributed by atoms with E-state index in [1.165, 1.54) is 0 Å². The quantitative estimate of drug-likeness (QED) is 0.453. The molecule has 0 aliphatic heterocycles. The molecule has 8 heteroatoms. The maximum Gasteiger partial charge on any atom is 0.191 e. The van der Waals surface area contributed by atoms with Crippen LogP contribution in [-0.2, 0) is 13.6 Å². The molecule has 0 bridgehead atoms. The van der Waals surface area contributed by atoms with E-state index in [1.54, 1.807) is 6.07 Å². The van der Waals surface area contributed by atoms with Gasteiger partial charge in [0.15, 0.2) is 11.8 Å². The van der Waals surface area contributed by atoms with E-state index in [1.807, 2.05) is 43.7 Å². The fraction of sp³-hybridized carbons (Fsp3) is 0.438. The van der Waals surface area contributed by atoms with Crippen LogP contribution < -0.4 is 15.4 Å². The summed E-state index contributed by atoms with van der Waals surface area (Å²) in [6.07, 6.45) is 0. The van der Waals surface area contributed by atoms with Crippen LogP contribution in [0.3, 0.4) is 0 Å². The third kappa shape index (κ3) is 5.13. The Labute approximate surface area is 147 Å². The number of guanidine groups is 1. The average molecular weight is 351 g/mol. The van der Waals surface area contributed by atoms with Gasteiger partial charge in [0.25, 0.3) is 0 Å². The minimum atomic E-state index is 0.456. The number of aryl methyl sites for hydroxylation is 1. The van der Waals surface area contributed by atoms with Crippen molar-refractivity contribution in [2.24, 2.45) is 12.0 Å². The number of aromatic nitrogens is 3. The van der Waals surface area contributed by atoms with Crippen LogP contribution in [0.5, 0.6) is 5.75 Å². The number of hydrogen-bond acceptors (Lipinski definition) is 4. The highest BCUT2D eigenvalue weighted by Gasteiger charge is 2.05. The second-order valence-electron chi connectivity index (χ2n) is 5.12. The lowest BCUT2D eigenvalue weighted by Gasteiger charge is -2.12. The Morgan fingerprint density at radius 3 is 2.75 bits per heavy atom. The summed E-state index contributed by atoms with van der Waals surface area (Å²) in [6.45, 7) is 6.25. The number of hydrogen-bond donors (Lipinski definition) is 2. The first-order chi connectivity index (χ1) is 11.6. The molecule has 0 aliphatic rings. The fourth-order valence-electron chi connectivity index (χ4n) is 1.97. The van der Waals surface area contributed by atoms with E-state index < -0.39 is 0 Å². The van der Waals surface area contributed by atoms with Crippen molar-refractivity contribution >= 4 is 17.6 Å². The van der Waals surface area contributed by atoms with Crippen molar-refractivity contribution < 1.29 is 4.74 Å². The topological polar surface area (TPSA) is 76.4 Å². The van der Waals surface area contributed by atoms with Crippen molar-refractivity contribution in [3.63, 3.8) is 0 Å². The maximum absolute atomic E-state index is 6.05. The van der Waals surface area contributed by atoms with Gasteiger partial charge in [-0.3, -0.25) is 0 Å². The van der Waals surface area contributed by atoms with Crippen LogP contribution in [0.25, 0.3) is 0 Å². The van der Waals surface area contributed by atoms with E-state index in [9.17, 15) is 0 Å².